The minimum atomic E-state index is -0.617. The van der Waals surface area contributed by atoms with Crippen molar-refractivity contribution in [2.24, 2.45) is 11.3 Å². The van der Waals surface area contributed by atoms with E-state index in [0.717, 1.165) is 0 Å². The lowest BCUT2D eigenvalue weighted by Gasteiger charge is -2.39. The Morgan fingerprint density at radius 3 is 1.90 bits per heavy atom. The molecule has 4 heteroatoms. The highest BCUT2D eigenvalue weighted by Crippen LogP contribution is 2.36. The molecule has 122 valence electrons. The molecule has 1 aliphatic heterocycles. The third kappa shape index (κ3) is 4.94. The number of Topliss-reactive ketones (excluding diaryl/α,β-unsaturated/α-hetero) is 1. The van der Waals surface area contributed by atoms with Crippen LogP contribution in [0.2, 0.25) is 0 Å². The predicted molar refractivity (Wildman–Crippen MR) is 84.8 cm³/mol. The lowest BCUT2D eigenvalue weighted by atomic mass is 9.76. The van der Waals surface area contributed by atoms with Crippen molar-refractivity contribution in [3.8, 4) is 0 Å². The third-order valence-corrected chi connectivity index (χ3v) is 3.81. The van der Waals surface area contributed by atoms with Crippen LogP contribution in [-0.2, 0) is 14.4 Å². The average molecular weight is 297 g/mol. The van der Waals surface area contributed by atoms with E-state index in [1.54, 1.807) is 13.8 Å². The summed E-state index contributed by atoms with van der Waals surface area (Å²) < 4.78 is 0. The number of carbonyl (C=O) groups excluding carboxylic acids is 3. The summed E-state index contributed by atoms with van der Waals surface area (Å²) in [5.41, 5.74) is -1.15. The van der Waals surface area contributed by atoms with E-state index in [1.165, 1.54) is 11.3 Å². The number of rotatable bonds is 4. The average Bonchev–Trinajstić information content (AvgIpc) is 2.52. The SMILES string of the molecule is CC(=O)C(C)(C)CC(C)(C)N1C(=O)CC(C)C1=O.CCC. The van der Waals surface area contributed by atoms with Crippen molar-refractivity contribution in [3.63, 3.8) is 0 Å². The minimum absolute atomic E-state index is 0.0720. The quantitative estimate of drug-likeness (QED) is 0.745. The van der Waals surface area contributed by atoms with Crippen LogP contribution < -0.4 is 0 Å². The largest absolute Gasteiger partial charge is 0.299 e. The summed E-state index contributed by atoms with van der Waals surface area (Å²) in [6.45, 7) is 15.0. The molecule has 0 N–H and O–H groups in total. The number of carbonyl (C=O) groups is 3. The van der Waals surface area contributed by atoms with Crippen molar-refractivity contribution in [3.05, 3.63) is 0 Å². The van der Waals surface area contributed by atoms with Gasteiger partial charge in [-0.1, -0.05) is 41.0 Å². The van der Waals surface area contributed by atoms with Crippen molar-refractivity contribution in [1.29, 1.82) is 0 Å². The highest BCUT2D eigenvalue weighted by atomic mass is 16.2. The molecule has 1 atom stereocenters. The smallest absolute Gasteiger partial charge is 0.233 e. The van der Waals surface area contributed by atoms with Gasteiger partial charge in [0.05, 0.1) is 0 Å². The molecular formula is C17H31NO3. The van der Waals surface area contributed by atoms with Gasteiger partial charge in [0.15, 0.2) is 0 Å². The molecule has 0 saturated carbocycles. The second kappa shape index (κ2) is 7.19. The molecule has 1 unspecified atom stereocenters. The Bertz CT molecular complexity index is 410. The fraction of sp³-hybridized carbons (Fsp3) is 0.824. The van der Waals surface area contributed by atoms with E-state index in [-0.39, 0.29) is 29.9 Å². The maximum absolute atomic E-state index is 12.0. The highest BCUT2D eigenvalue weighted by Gasteiger charge is 2.46. The lowest BCUT2D eigenvalue weighted by molar-refractivity contribution is -0.148. The van der Waals surface area contributed by atoms with Crippen molar-refractivity contribution in [2.75, 3.05) is 0 Å². The summed E-state index contributed by atoms with van der Waals surface area (Å²) in [7, 11) is 0. The molecule has 1 heterocycles. The van der Waals surface area contributed by atoms with Crippen molar-refractivity contribution < 1.29 is 14.4 Å². The minimum Gasteiger partial charge on any atom is -0.299 e. The summed E-state index contributed by atoms with van der Waals surface area (Å²) in [4.78, 5) is 36.9. The first-order valence-electron chi connectivity index (χ1n) is 7.78. The normalized spacial score (nSPS) is 19.4. The first-order valence-corrected chi connectivity index (χ1v) is 7.78. The van der Waals surface area contributed by atoms with Gasteiger partial charge in [0, 0.05) is 23.3 Å². The fourth-order valence-corrected chi connectivity index (χ4v) is 2.70. The Morgan fingerprint density at radius 1 is 1.19 bits per heavy atom. The molecular weight excluding hydrogens is 266 g/mol. The van der Waals surface area contributed by atoms with Gasteiger partial charge in [0.25, 0.3) is 0 Å². The molecule has 1 rings (SSSR count). The van der Waals surface area contributed by atoms with Crippen molar-refractivity contribution >= 4 is 17.6 Å². The molecule has 1 saturated heterocycles. The molecule has 0 aromatic carbocycles. The Labute approximate surface area is 129 Å². The van der Waals surface area contributed by atoms with Crippen LogP contribution in [-0.4, -0.2) is 28.0 Å². The Morgan fingerprint density at radius 2 is 1.62 bits per heavy atom. The van der Waals surface area contributed by atoms with Crippen LogP contribution in [0.1, 0.15) is 74.7 Å². The maximum atomic E-state index is 12.0. The van der Waals surface area contributed by atoms with Gasteiger partial charge in [-0.25, -0.2) is 0 Å². The summed E-state index contributed by atoms with van der Waals surface area (Å²) in [5.74, 6) is -0.416. The topological polar surface area (TPSA) is 54.5 Å². The number of imide groups is 1. The van der Waals surface area contributed by atoms with Crippen molar-refractivity contribution in [1.82, 2.24) is 4.90 Å². The predicted octanol–water partition coefficient (Wildman–Crippen LogP) is 3.58. The molecule has 0 radical (unpaired) electrons. The van der Waals surface area contributed by atoms with E-state index < -0.39 is 11.0 Å². The molecule has 0 aliphatic carbocycles. The van der Waals surface area contributed by atoms with Crippen LogP contribution >= 0.6 is 0 Å². The van der Waals surface area contributed by atoms with E-state index in [4.69, 9.17) is 0 Å². The summed E-state index contributed by atoms with van der Waals surface area (Å²) in [5, 5.41) is 0. The first kappa shape index (κ1) is 19.8. The zero-order valence-corrected chi connectivity index (χ0v) is 14.9. The van der Waals surface area contributed by atoms with Gasteiger partial charge in [0.2, 0.25) is 11.8 Å². The monoisotopic (exact) mass is 297 g/mol. The number of ketones is 1. The summed E-state index contributed by atoms with van der Waals surface area (Å²) in [6.07, 6.45) is 2.02. The molecule has 0 spiro atoms. The van der Waals surface area contributed by atoms with Gasteiger partial charge < -0.3 is 0 Å². The molecule has 0 aromatic heterocycles. The first-order chi connectivity index (χ1) is 9.40. The van der Waals surface area contributed by atoms with Crippen LogP contribution in [0.5, 0.6) is 0 Å². The summed E-state index contributed by atoms with van der Waals surface area (Å²) >= 11 is 0. The Balaban J connectivity index is 0.00000122. The number of amides is 2. The third-order valence-electron chi connectivity index (χ3n) is 3.81. The van der Waals surface area contributed by atoms with Gasteiger partial charge >= 0.3 is 0 Å². The van der Waals surface area contributed by atoms with Gasteiger partial charge in [-0.15, -0.1) is 0 Å². The lowest BCUT2D eigenvalue weighted by Crippen LogP contribution is -2.50. The van der Waals surface area contributed by atoms with Gasteiger partial charge in [-0.2, -0.15) is 0 Å². The van der Waals surface area contributed by atoms with Crippen LogP contribution in [0, 0.1) is 11.3 Å². The summed E-state index contributed by atoms with van der Waals surface area (Å²) in [6, 6.07) is 0. The number of hydrogen-bond donors (Lipinski definition) is 0. The van der Waals surface area contributed by atoms with Crippen molar-refractivity contribution in [2.45, 2.75) is 80.2 Å². The Kier molecular flexibility index (Phi) is 6.78. The van der Waals surface area contributed by atoms with Gasteiger partial charge in [0.1, 0.15) is 5.78 Å². The zero-order chi connectivity index (χ0) is 17.0. The molecule has 21 heavy (non-hydrogen) atoms. The molecule has 1 aliphatic rings. The Hall–Kier alpha value is -1.19. The van der Waals surface area contributed by atoms with Gasteiger partial charge in [-0.3, -0.25) is 19.3 Å². The molecule has 2 amide bonds. The van der Waals surface area contributed by atoms with E-state index >= 15 is 0 Å². The van der Waals surface area contributed by atoms with Crippen LogP contribution in [0.25, 0.3) is 0 Å². The van der Waals surface area contributed by atoms with E-state index in [1.807, 2.05) is 27.7 Å². The standard InChI is InChI=1S/C14H23NO3.C3H8/c1-9-7-11(17)15(12(9)18)14(5,6)8-13(3,4)10(2)16;1-3-2/h9H,7-8H2,1-6H3;3H2,1-2H3. The number of hydrogen-bond acceptors (Lipinski definition) is 3. The second-order valence-corrected chi connectivity index (χ2v) is 7.31. The molecule has 0 aromatic rings. The molecule has 4 nitrogen and oxygen atoms in total. The van der Waals surface area contributed by atoms with Crippen LogP contribution in [0.15, 0.2) is 0 Å². The van der Waals surface area contributed by atoms with Gasteiger partial charge in [-0.05, 0) is 27.2 Å². The molecule has 0 bridgehead atoms. The zero-order valence-electron chi connectivity index (χ0n) is 14.9. The van der Waals surface area contributed by atoms with E-state index in [0.29, 0.717) is 6.42 Å². The van der Waals surface area contributed by atoms with Crippen LogP contribution in [0.4, 0.5) is 0 Å². The van der Waals surface area contributed by atoms with Crippen LogP contribution in [0.3, 0.4) is 0 Å². The molecule has 1 fully saturated rings. The number of likely N-dealkylation sites (tertiary alicyclic amines) is 1. The number of nitrogens with zero attached hydrogens (tertiary/aromatic N) is 1. The van der Waals surface area contributed by atoms with E-state index in [9.17, 15) is 14.4 Å². The highest BCUT2D eigenvalue weighted by molar-refractivity contribution is 6.04. The maximum Gasteiger partial charge on any atom is 0.233 e. The van der Waals surface area contributed by atoms with E-state index in [2.05, 4.69) is 13.8 Å². The second-order valence-electron chi connectivity index (χ2n) is 7.31. The fourth-order valence-electron chi connectivity index (χ4n) is 2.70.